The maximum Gasteiger partial charge on any atom is 0.315 e. The van der Waals surface area contributed by atoms with Gasteiger partial charge in [0, 0.05) is 31.9 Å². The van der Waals surface area contributed by atoms with E-state index in [0.717, 1.165) is 5.56 Å². The van der Waals surface area contributed by atoms with Crippen LogP contribution in [0.4, 0.5) is 4.79 Å². The van der Waals surface area contributed by atoms with Gasteiger partial charge in [-0.25, -0.2) is 4.79 Å². The summed E-state index contributed by atoms with van der Waals surface area (Å²) in [6, 6.07) is -0.147. The monoisotopic (exact) mass is 182 g/mol. The van der Waals surface area contributed by atoms with Gasteiger partial charge in [-0.15, -0.1) is 0 Å². The Morgan fingerprint density at radius 2 is 2.38 bits per heavy atom. The first-order valence-corrected chi connectivity index (χ1v) is 4.21. The molecule has 1 aromatic rings. The molecule has 0 aliphatic heterocycles. The number of hydrogen-bond acceptors (Lipinski definition) is 2. The highest BCUT2D eigenvalue weighted by molar-refractivity contribution is 5.73. The first kappa shape index (κ1) is 9.57. The maximum atomic E-state index is 11.0. The Balaban J connectivity index is 2.30. The van der Waals surface area contributed by atoms with Crippen molar-refractivity contribution >= 4 is 6.03 Å². The molecule has 0 aliphatic rings. The summed E-state index contributed by atoms with van der Waals surface area (Å²) >= 11 is 0. The summed E-state index contributed by atoms with van der Waals surface area (Å²) in [6.45, 7) is 3.03. The van der Waals surface area contributed by atoms with Crippen LogP contribution in [0.5, 0.6) is 0 Å². The fraction of sp³-hybridized carbons (Fsp3) is 0.500. The molecule has 0 saturated heterocycles. The van der Waals surface area contributed by atoms with E-state index in [-0.39, 0.29) is 6.03 Å². The molecule has 13 heavy (non-hydrogen) atoms. The zero-order valence-corrected chi connectivity index (χ0v) is 7.87. The Hall–Kier alpha value is -1.52. The van der Waals surface area contributed by atoms with Gasteiger partial charge >= 0.3 is 6.03 Å². The molecule has 0 spiro atoms. The Kier molecular flexibility index (Phi) is 3.31. The van der Waals surface area contributed by atoms with Crippen molar-refractivity contribution in [2.75, 3.05) is 6.54 Å². The number of aromatic nitrogens is 2. The van der Waals surface area contributed by atoms with Crippen LogP contribution >= 0.6 is 0 Å². The standard InChI is InChI=1S/C8H14N4O/c1-3-9-8(13)10-4-7-5-11-12(2)6-7/h5-6H,3-4H2,1-2H3,(H2,9,10,13). The molecular formula is C8H14N4O. The van der Waals surface area contributed by atoms with Gasteiger partial charge in [0.05, 0.1) is 6.20 Å². The molecule has 72 valence electrons. The largest absolute Gasteiger partial charge is 0.338 e. The predicted molar refractivity (Wildman–Crippen MR) is 49.1 cm³/mol. The van der Waals surface area contributed by atoms with Crippen molar-refractivity contribution in [3.05, 3.63) is 18.0 Å². The van der Waals surface area contributed by atoms with Crippen LogP contribution in [0, 0.1) is 0 Å². The van der Waals surface area contributed by atoms with Crippen LogP contribution in [0.1, 0.15) is 12.5 Å². The lowest BCUT2D eigenvalue weighted by atomic mass is 10.4. The van der Waals surface area contributed by atoms with Gasteiger partial charge < -0.3 is 10.6 Å². The minimum atomic E-state index is -0.147. The van der Waals surface area contributed by atoms with Gasteiger partial charge in [0.1, 0.15) is 0 Å². The molecule has 1 aromatic heterocycles. The predicted octanol–water partition coefficient (Wildman–Crippen LogP) is 0.239. The van der Waals surface area contributed by atoms with Crippen LogP contribution < -0.4 is 10.6 Å². The zero-order chi connectivity index (χ0) is 9.68. The second kappa shape index (κ2) is 4.49. The Bertz CT molecular complexity index is 281. The van der Waals surface area contributed by atoms with E-state index in [0.29, 0.717) is 13.1 Å². The number of amides is 2. The fourth-order valence-corrected chi connectivity index (χ4v) is 0.969. The third-order valence-electron chi connectivity index (χ3n) is 1.55. The number of hydrogen-bond donors (Lipinski definition) is 2. The van der Waals surface area contributed by atoms with Crippen molar-refractivity contribution in [2.45, 2.75) is 13.5 Å². The second-order valence-corrected chi connectivity index (χ2v) is 2.74. The number of carbonyl (C=O) groups excluding carboxylic acids is 1. The molecule has 0 aliphatic carbocycles. The van der Waals surface area contributed by atoms with Crippen molar-refractivity contribution < 1.29 is 4.79 Å². The van der Waals surface area contributed by atoms with Crippen LogP contribution in [0.15, 0.2) is 12.4 Å². The molecule has 2 N–H and O–H groups in total. The third-order valence-corrected chi connectivity index (χ3v) is 1.55. The van der Waals surface area contributed by atoms with Gasteiger partial charge in [0.2, 0.25) is 0 Å². The summed E-state index contributed by atoms with van der Waals surface area (Å²) in [5.74, 6) is 0. The molecule has 0 radical (unpaired) electrons. The van der Waals surface area contributed by atoms with E-state index >= 15 is 0 Å². The zero-order valence-electron chi connectivity index (χ0n) is 7.87. The van der Waals surface area contributed by atoms with E-state index in [2.05, 4.69) is 15.7 Å². The number of carbonyl (C=O) groups is 1. The van der Waals surface area contributed by atoms with Gasteiger partial charge in [-0.3, -0.25) is 4.68 Å². The van der Waals surface area contributed by atoms with Gasteiger partial charge in [0.25, 0.3) is 0 Å². The fourth-order valence-electron chi connectivity index (χ4n) is 0.969. The molecule has 1 heterocycles. The first-order valence-electron chi connectivity index (χ1n) is 4.21. The van der Waals surface area contributed by atoms with Crippen LogP contribution in [0.3, 0.4) is 0 Å². The number of rotatable bonds is 3. The van der Waals surface area contributed by atoms with Crippen molar-refractivity contribution in [2.24, 2.45) is 7.05 Å². The summed E-state index contributed by atoms with van der Waals surface area (Å²) in [7, 11) is 1.84. The lowest BCUT2D eigenvalue weighted by Gasteiger charge is -2.02. The number of urea groups is 1. The highest BCUT2D eigenvalue weighted by Crippen LogP contribution is 1.94. The molecule has 5 heteroatoms. The molecule has 0 bridgehead atoms. The second-order valence-electron chi connectivity index (χ2n) is 2.74. The normalized spacial score (nSPS) is 9.69. The van der Waals surface area contributed by atoms with Crippen LogP contribution in [0.2, 0.25) is 0 Å². The summed E-state index contributed by atoms with van der Waals surface area (Å²) in [6.07, 6.45) is 3.60. The molecule has 0 atom stereocenters. The topological polar surface area (TPSA) is 59.0 Å². The molecule has 5 nitrogen and oxygen atoms in total. The lowest BCUT2D eigenvalue weighted by molar-refractivity contribution is 0.241. The van der Waals surface area contributed by atoms with Crippen molar-refractivity contribution in [3.63, 3.8) is 0 Å². The smallest absolute Gasteiger partial charge is 0.315 e. The van der Waals surface area contributed by atoms with E-state index < -0.39 is 0 Å². The van der Waals surface area contributed by atoms with E-state index in [9.17, 15) is 4.79 Å². The third kappa shape index (κ3) is 3.14. The average Bonchev–Trinajstić information content (AvgIpc) is 2.49. The quantitative estimate of drug-likeness (QED) is 0.703. The number of aryl methyl sites for hydroxylation is 1. The summed E-state index contributed by atoms with van der Waals surface area (Å²) in [4.78, 5) is 11.0. The minimum absolute atomic E-state index is 0.147. The lowest BCUT2D eigenvalue weighted by Crippen LogP contribution is -2.34. The minimum Gasteiger partial charge on any atom is -0.338 e. The van der Waals surface area contributed by atoms with Gasteiger partial charge in [-0.05, 0) is 6.92 Å². The van der Waals surface area contributed by atoms with E-state index in [1.165, 1.54) is 0 Å². The molecular weight excluding hydrogens is 168 g/mol. The Labute approximate surface area is 77.1 Å². The molecule has 0 saturated carbocycles. The Morgan fingerprint density at radius 3 is 2.92 bits per heavy atom. The number of nitrogens with zero attached hydrogens (tertiary/aromatic N) is 2. The van der Waals surface area contributed by atoms with Crippen molar-refractivity contribution in [1.82, 2.24) is 20.4 Å². The number of nitrogens with one attached hydrogen (secondary N) is 2. The maximum absolute atomic E-state index is 11.0. The average molecular weight is 182 g/mol. The summed E-state index contributed by atoms with van der Waals surface area (Å²) in [5.41, 5.74) is 0.994. The molecule has 0 aromatic carbocycles. The van der Waals surface area contributed by atoms with Crippen molar-refractivity contribution in [3.8, 4) is 0 Å². The van der Waals surface area contributed by atoms with Crippen LogP contribution in [0.25, 0.3) is 0 Å². The highest BCUT2D eigenvalue weighted by atomic mass is 16.2. The molecule has 0 unspecified atom stereocenters. The van der Waals surface area contributed by atoms with Crippen LogP contribution in [-0.4, -0.2) is 22.4 Å². The Morgan fingerprint density at radius 1 is 1.62 bits per heavy atom. The first-order chi connectivity index (χ1) is 6.22. The van der Waals surface area contributed by atoms with Crippen LogP contribution in [-0.2, 0) is 13.6 Å². The SMILES string of the molecule is CCNC(=O)NCc1cnn(C)c1. The molecule has 1 rings (SSSR count). The van der Waals surface area contributed by atoms with Gasteiger partial charge in [0.15, 0.2) is 0 Å². The summed E-state index contributed by atoms with van der Waals surface area (Å²) in [5, 5.41) is 9.34. The van der Waals surface area contributed by atoms with E-state index in [4.69, 9.17) is 0 Å². The van der Waals surface area contributed by atoms with Gasteiger partial charge in [-0.1, -0.05) is 0 Å². The van der Waals surface area contributed by atoms with Crippen molar-refractivity contribution in [1.29, 1.82) is 0 Å². The van der Waals surface area contributed by atoms with Gasteiger partial charge in [-0.2, -0.15) is 5.10 Å². The van der Waals surface area contributed by atoms with E-state index in [1.54, 1.807) is 10.9 Å². The molecule has 0 fully saturated rings. The summed E-state index contributed by atoms with van der Waals surface area (Å²) < 4.78 is 1.70. The molecule has 2 amide bonds. The van der Waals surface area contributed by atoms with E-state index in [1.807, 2.05) is 20.2 Å². The highest BCUT2D eigenvalue weighted by Gasteiger charge is 1.99.